The highest BCUT2D eigenvalue weighted by Crippen LogP contribution is 2.26. The van der Waals surface area contributed by atoms with E-state index in [9.17, 15) is 9.90 Å². The number of hydrogen-bond acceptors (Lipinski definition) is 2. The van der Waals surface area contributed by atoms with Gasteiger partial charge in [0.15, 0.2) is 0 Å². The highest BCUT2D eigenvalue weighted by atomic mass is 16.3. The minimum absolute atomic E-state index is 0.0208. The smallest absolute Gasteiger partial charge is 0.229 e. The second kappa shape index (κ2) is 4.26. The van der Waals surface area contributed by atoms with Crippen LogP contribution >= 0.6 is 0 Å². The van der Waals surface area contributed by atoms with Crippen LogP contribution < -0.4 is 4.90 Å². The molecule has 1 fully saturated rings. The number of amides is 1. The number of nitrogens with zero attached hydrogens (tertiary/aromatic N) is 1. The van der Waals surface area contributed by atoms with Gasteiger partial charge < -0.3 is 10.0 Å². The highest BCUT2D eigenvalue weighted by Gasteiger charge is 2.26. The van der Waals surface area contributed by atoms with Crippen molar-refractivity contribution in [3.63, 3.8) is 0 Å². The Morgan fingerprint density at radius 1 is 1.38 bits per heavy atom. The van der Waals surface area contributed by atoms with Gasteiger partial charge in [0.1, 0.15) is 0 Å². The van der Waals surface area contributed by atoms with E-state index in [2.05, 4.69) is 0 Å². The van der Waals surface area contributed by atoms with Crippen molar-refractivity contribution in [1.82, 2.24) is 0 Å². The lowest BCUT2D eigenvalue weighted by molar-refractivity contribution is -0.122. The molecular weight excluding hydrogens is 202 g/mol. The maximum absolute atomic E-state index is 11.8. The standard InChI is InChI=1S/C13H17NO2/c1-9-4-3-5-12(10(9)2)14-7-6-11(15)8-13(14)16/h3-5,11,15H,6-8H2,1-2H3. The fourth-order valence-electron chi connectivity index (χ4n) is 2.10. The van der Waals surface area contributed by atoms with Crippen molar-refractivity contribution >= 4 is 11.6 Å². The molecule has 1 unspecified atom stereocenters. The Balaban J connectivity index is 2.30. The first kappa shape index (κ1) is 11.1. The molecule has 1 aliphatic rings. The third-order valence-electron chi connectivity index (χ3n) is 3.26. The first-order chi connectivity index (χ1) is 7.59. The number of rotatable bonds is 1. The molecule has 0 aromatic heterocycles. The molecule has 16 heavy (non-hydrogen) atoms. The molecule has 1 N–H and O–H groups in total. The van der Waals surface area contributed by atoms with E-state index in [1.807, 2.05) is 32.0 Å². The van der Waals surface area contributed by atoms with Gasteiger partial charge in [-0.15, -0.1) is 0 Å². The second-order valence-corrected chi connectivity index (χ2v) is 4.41. The van der Waals surface area contributed by atoms with Crippen molar-refractivity contribution in [3.8, 4) is 0 Å². The summed E-state index contributed by atoms with van der Waals surface area (Å²) in [4.78, 5) is 13.6. The summed E-state index contributed by atoms with van der Waals surface area (Å²) < 4.78 is 0. The van der Waals surface area contributed by atoms with Gasteiger partial charge in [-0.05, 0) is 37.5 Å². The number of carbonyl (C=O) groups is 1. The summed E-state index contributed by atoms with van der Waals surface area (Å²) in [7, 11) is 0. The number of aliphatic hydroxyl groups excluding tert-OH is 1. The predicted molar refractivity (Wildman–Crippen MR) is 63.5 cm³/mol. The Morgan fingerprint density at radius 2 is 2.12 bits per heavy atom. The van der Waals surface area contributed by atoms with E-state index < -0.39 is 6.10 Å². The van der Waals surface area contributed by atoms with E-state index in [1.165, 1.54) is 5.56 Å². The van der Waals surface area contributed by atoms with Gasteiger partial charge in [0.2, 0.25) is 5.91 Å². The third-order valence-corrected chi connectivity index (χ3v) is 3.26. The zero-order valence-corrected chi connectivity index (χ0v) is 9.73. The normalized spacial score (nSPS) is 21.3. The summed E-state index contributed by atoms with van der Waals surface area (Å²) in [5.41, 5.74) is 3.32. The monoisotopic (exact) mass is 219 g/mol. The molecule has 3 heteroatoms. The van der Waals surface area contributed by atoms with Crippen molar-refractivity contribution < 1.29 is 9.90 Å². The van der Waals surface area contributed by atoms with Crippen LogP contribution in [-0.4, -0.2) is 23.7 Å². The summed E-state index contributed by atoms with van der Waals surface area (Å²) in [5.74, 6) is 0.0208. The van der Waals surface area contributed by atoms with Gasteiger partial charge in [0, 0.05) is 12.2 Å². The molecule has 1 aromatic carbocycles. The average molecular weight is 219 g/mol. The van der Waals surface area contributed by atoms with Crippen molar-refractivity contribution in [2.24, 2.45) is 0 Å². The van der Waals surface area contributed by atoms with Crippen LogP contribution in [0.15, 0.2) is 18.2 Å². The van der Waals surface area contributed by atoms with Gasteiger partial charge in [0.05, 0.1) is 12.5 Å². The number of aryl methyl sites for hydroxylation is 1. The van der Waals surface area contributed by atoms with E-state index in [0.717, 1.165) is 11.3 Å². The average Bonchev–Trinajstić information content (AvgIpc) is 2.23. The first-order valence-electron chi connectivity index (χ1n) is 5.64. The molecule has 0 radical (unpaired) electrons. The number of anilines is 1. The number of piperidine rings is 1. The summed E-state index contributed by atoms with van der Waals surface area (Å²) in [6.45, 7) is 4.69. The molecule has 1 amide bonds. The molecule has 1 saturated heterocycles. The Bertz CT molecular complexity index is 414. The van der Waals surface area contributed by atoms with Crippen LogP contribution in [0.4, 0.5) is 5.69 Å². The second-order valence-electron chi connectivity index (χ2n) is 4.41. The Morgan fingerprint density at radius 3 is 2.81 bits per heavy atom. The van der Waals surface area contributed by atoms with Crippen molar-refractivity contribution in [1.29, 1.82) is 0 Å². The Kier molecular flexibility index (Phi) is 2.97. The van der Waals surface area contributed by atoms with Crippen LogP contribution in [0.25, 0.3) is 0 Å². The van der Waals surface area contributed by atoms with E-state index in [-0.39, 0.29) is 12.3 Å². The van der Waals surface area contributed by atoms with Gasteiger partial charge >= 0.3 is 0 Å². The molecule has 0 spiro atoms. The Hall–Kier alpha value is -1.35. The zero-order valence-electron chi connectivity index (χ0n) is 9.73. The quantitative estimate of drug-likeness (QED) is 0.782. The molecule has 3 nitrogen and oxygen atoms in total. The topological polar surface area (TPSA) is 40.5 Å². The summed E-state index contributed by atoms with van der Waals surface area (Å²) in [6, 6.07) is 5.98. The molecule has 1 aromatic rings. The van der Waals surface area contributed by atoms with Gasteiger partial charge in [-0.25, -0.2) is 0 Å². The molecule has 86 valence electrons. The molecule has 1 aliphatic heterocycles. The first-order valence-corrected chi connectivity index (χ1v) is 5.64. The van der Waals surface area contributed by atoms with Crippen molar-refractivity contribution in [2.75, 3.05) is 11.4 Å². The van der Waals surface area contributed by atoms with Crippen LogP contribution in [0.5, 0.6) is 0 Å². The zero-order chi connectivity index (χ0) is 11.7. The van der Waals surface area contributed by atoms with Crippen LogP contribution in [0, 0.1) is 13.8 Å². The van der Waals surface area contributed by atoms with E-state index in [1.54, 1.807) is 4.90 Å². The van der Waals surface area contributed by atoms with Gasteiger partial charge in [-0.2, -0.15) is 0 Å². The van der Waals surface area contributed by atoms with E-state index in [4.69, 9.17) is 0 Å². The number of carbonyl (C=O) groups excluding carboxylic acids is 1. The largest absolute Gasteiger partial charge is 0.393 e. The maximum Gasteiger partial charge on any atom is 0.229 e. The summed E-state index contributed by atoms with van der Waals surface area (Å²) >= 11 is 0. The van der Waals surface area contributed by atoms with Crippen molar-refractivity contribution in [2.45, 2.75) is 32.8 Å². The van der Waals surface area contributed by atoms with E-state index >= 15 is 0 Å². The number of benzene rings is 1. The van der Waals surface area contributed by atoms with Gasteiger partial charge in [-0.3, -0.25) is 4.79 Å². The molecular formula is C13H17NO2. The minimum Gasteiger partial charge on any atom is -0.393 e. The van der Waals surface area contributed by atoms with Crippen LogP contribution in [-0.2, 0) is 4.79 Å². The lowest BCUT2D eigenvalue weighted by Crippen LogP contribution is -2.41. The molecule has 0 bridgehead atoms. The third kappa shape index (κ3) is 1.95. The molecule has 0 aliphatic carbocycles. The fourth-order valence-corrected chi connectivity index (χ4v) is 2.10. The molecule has 0 saturated carbocycles. The van der Waals surface area contributed by atoms with Gasteiger partial charge in [0.25, 0.3) is 0 Å². The lowest BCUT2D eigenvalue weighted by Gasteiger charge is -2.31. The van der Waals surface area contributed by atoms with Gasteiger partial charge in [-0.1, -0.05) is 12.1 Å². The number of aliphatic hydroxyl groups is 1. The lowest BCUT2D eigenvalue weighted by atomic mass is 10.0. The number of hydrogen-bond donors (Lipinski definition) is 1. The van der Waals surface area contributed by atoms with Crippen LogP contribution in [0.1, 0.15) is 24.0 Å². The summed E-state index contributed by atoms with van der Waals surface area (Å²) in [5, 5.41) is 9.42. The SMILES string of the molecule is Cc1cccc(N2CCC(O)CC2=O)c1C. The van der Waals surface area contributed by atoms with Crippen molar-refractivity contribution in [3.05, 3.63) is 29.3 Å². The fraction of sp³-hybridized carbons (Fsp3) is 0.462. The van der Waals surface area contributed by atoms with Crippen LogP contribution in [0.3, 0.4) is 0 Å². The van der Waals surface area contributed by atoms with E-state index in [0.29, 0.717) is 13.0 Å². The summed E-state index contributed by atoms with van der Waals surface area (Å²) in [6.07, 6.45) is 0.445. The minimum atomic E-state index is -0.464. The highest BCUT2D eigenvalue weighted by molar-refractivity contribution is 5.95. The Labute approximate surface area is 95.7 Å². The molecule has 1 atom stereocenters. The molecule has 2 rings (SSSR count). The maximum atomic E-state index is 11.8. The predicted octanol–water partition coefficient (Wildman–Crippen LogP) is 1.79. The molecule has 1 heterocycles. The van der Waals surface area contributed by atoms with Crippen LogP contribution in [0.2, 0.25) is 0 Å².